The number of rotatable bonds is 6. The predicted octanol–water partition coefficient (Wildman–Crippen LogP) is 2.51. The molecule has 2 bridgehead atoms. The number of piperidine rings is 1. The number of amides is 1. The van der Waals surface area contributed by atoms with E-state index < -0.39 is 6.04 Å². The van der Waals surface area contributed by atoms with Gasteiger partial charge in [-0.25, -0.2) is 4.98 Å². The quantitative estimate of drug-likeness (QED) is 0.793. The minimum Gasteiger partial charge on any atom is -0.363 e. The lowest BCUT2D eigenvalue weighted by Crippen LogP contribution is -2.50. The van der Waals surface area contributed by atoms with E-state index in [0.717, 1.165) is 41.8 Å². The Morgan fingerprint density at radius 3 is 2.55 bits per heavy atom. The molecule has 2 heterocycles. The Kier molecular flexibility index (Phi) is 5.50. The van der Waals surface area contributed by atoms with Crippen molar-refractivity contribution in [2.24, 2.45) is 5.92 Å². The van der Waals surface area contributed by atoms with Gasteiger partial charge in [-0.3, -0.25) is 4.79 Å². The normalized spacial score (nSPS) is 23.4. The van der Waals surface area contributed by atoms with Gasteiger partial charge in [0, 0.05) is 38.3 Å². The average Bonchev–Trinajstić information content (AvgIpc) is 3.37. The van der Waals surface area contributed by atoms with Crippen LogP contribution in [-0.4, -0.2) is 43.1 Å². The summed E-state index contributed by atoms with van der Waals surface area (Å²) in [6.07, 6.45) is 5.72. The van der Waals surface area contributed by atoms with Gasteiger partial charge in [-0.2, -0.15) is 5.26 Å². The molecule has 0 radical (unpaired) electrons. The molecule has 1 amide bonds. The number of carbonyl (C=O) groups is 1. The van der Waals surface area contributed by atoms with Crippen LogP contribution in [-0.2, 0) is 11.2 Å². The van der Waals surface area contributed by atoms with Gasteiger partial charge in [0.1, 0.15) is 11.9 Å². The van der Waals surface area contributed by atoms with E-state index in [1.165, 1.54) is 0 Å². The average molecular weight is 390 g/mol. The number of fused-ring (bicyclic) bond motifs is 2. The van der Waals surface area contributed by atoms with E-state index in [9.17, 15) is 10.1 Å². The molecule has 1 saturated heterocycles. The van der Waals surface area contributed by atoms with Crippen LogP contribution in [0.1, 0.15) is 24.8 Å². The molecule has 1 aromatic heterocycles. The van der Waals surface area contributed by atoms with Gasteiger partial charge in [0.2, 0.25) is 5.91 Å². The SMILES string of the molecule is CN(C)c1ccc(-c2ccc(CC(C#N)NC(=O)C3NC4CCC3C4)cc2)cn1. The summed E-state index contributed by atoms with van der Waals surface area (Å²) < 4.78 is 0. The van der Waals surface area contributed by atoms with Crippen LogP contribution >= 0.6 is 0 Å². The first-order valence-electron chi connectivity index (χ1n) is 10.2. The van der Waals surface area contributed by atoms with Crippen molar-refractivity contribution in [2.45, 2.75) is 43.8 Å². The van der Waals surface area contributed by atoms with Crippen LogP contribution in [0.5, 0.6) is 0 Å². The van der Waals surface area contributed by atoms with Gasteiger partial charge in [-0.15, -0.1) is 0 Å². The number of carbonyl (C=O) groups excluding carboxylic acids is 1. The van der Waals surface area contributed by atoms with E-state index >= 15 is 0 Å². The lowest BCUT2D eigenvalue weighted by atomic mass is 9.98. The summed E-state index contributed by atoms with van der Waals surface area (Å²) in [7, 11) is 3.93. The summed E-state index contributed by atoms with van der Waals surface area (Å²) in [5.74, 6) is 1.31. The van der Waals surface area contributed by atoms with Crippen molar-refractivity contribution in [1.29, 1.82) is 5.26 Å². The monoisotopic (exact) mass is 389 g/mol. The summed E-state index contributed by atoms with van der Waals surface area (Å²) in [4.78, 5) is 19.0. The van der Waals surface area contributed by atoms with Crippen molar-refractivity contribution in [1.82, 2.24) is 15.6 Å². The van der Waals surface area contributed by atoms with Crippen molar-refractivity contribution in [3.63, 3.8) is 0 Å². The lowest BCUT2D eigenvalue weighted by Gasteiger charge is -2.23. The topological polar surface area (TPSA) is 81.0 Å². The molecule has 1 aliphatic heterocycles. The molecule has 1 aromatic carbocycles. The van der Waals surface area contributed by atoms with Gasteiger partial charge in [0.25, 0.3) is 0 Å². The van der Waals surface area contributed by atoms with Crippen molar-refractivity contribution in [3.8, 4) is 17.2 Å². The first-order chi connectivity index (χ1) is 14.0. The van der Waals surface area contributed by atoms with E-state index in [0.29, 0.717) is 18.4 Å². The Hall–Kier alpha value is -2.91. The third kappa shape index (κ3) is 4.25. The van der Waals surface area contributed by atoms with Gasteiger partial charge in [-0.05, 0) is 48.4 Å². The highest BCUT2D eigenvalue weighted by Crippen LogP contribution is 2.35. The Morgan fingerprint density at radius 2 is 2.00 bits per heavy atom. The smallest absolute Gasteiger partial charge is 0.238 e. The highest BCUT2D eigenvalue weighted by atomic mass is 16.2. The molecule has 150 valence electrons. The zero-order valence-corrected chi connectivity index (χ0v) is 16.9. The molecule has 29 heavy (non-hydrogen) atoms. The van der Waals surface area contributed by atoms with Crippen molar-refractivity contribution >= 4 is 11.7 Å². The van der Waals surface area contributed by atoms with E-state index in [-0.39, 0.29) is 11.9 Å². The number of nitriles is 1. The van der Waals surface area contributed by atoms with Crippen molar-refractivity contribution < 1.29 is 4.79 Å². The maximum Gasteiger partial charge on any atom is 0.238 e. The third-order valence-corrected chi connectivity index (χ3v) is 6.05. The summed E-state index contributed by atoms with van der Waals surface area (Å²) in [5.41, 5.74) is 3.16. The number of anilines is 1. The molecule has 6 heteroatoms. The lowest BCUT2D eigenvalue weighted by molar-refractivity contribution is -0.124. The molecule has 2 N–H and O–H groups in total. The first-order valence-corrected chi connectivity index (χ1v) is 10.2. The second-order valence-electron chi connectivity index (χ2n) is 8.31. The fourth-order valence-electron chi connectivity index (χ4n) is 4.43. The largest absolute Gasteiger partial charge is 0.363 e. The molecule has 2 aliphatic rings. The fraction of sp³-hybridized carbons (Fsp3) is 0.435. The van der Waals surface area contributed by atoms with Crippen LogP contribution < -0.4 is 15.5 Å². The van der Waals surface area contributed by atoms with Crippen LogP contribution in [0, 0.1) is 17.2 Å². The maximum atomic E-state index is 12.6. The molecule has 2 aromatic rings. The number of aromatic nitrogens is 1. The second kappa shape index (κ2) is 8.22. The highest BCUT2D eigenvalue weighted by Gasteiger charge is 2.43. The number of pyridine rings is 1. The van der Waals surface area contributed by atoms with E-state index in [2.05, 4.69) is 27.8 Å². The van der Waals surface area contributed by atoms with Gasteiger partial charge in [0.15, 0.2) is 0 Å². The Labute approximate surface area is 171 Å². The number of hydrogen-bond donors (Lipinski definition) is 2. The number of benzene rings is 1. The Morgan fingerprint density at radius 1 is 1.24 bits per heavy atom. The number of hydrogen-bond acceptors (Lipinski definition) is 5. The molecule has 2 fully saturated rings. The van der Waals surface area contributed by atoms with Gasteiger partial charge < -0.3 is 15.5 Å². The minimum absolute atomic E-state index is 0.0348. The molecule has 1 saturated carbocycles. The fourth-order valence-corrected chi connectivity index (χ4v) is 4.43. The standard InChI is InChI=1S/C23H27N5O/c1-28(2)21-10-8-18(14-25-21)16-5-3-15(4-6-16)11-20(13-24)27-23(29)22-17-7-9-19(12-17)26-22/h3-6,8,10,14,17,19-20,22,26H,7,9,11-12H2,1-2H3,(H,27,29). The zero-order chi connectivity index (χ0) is 20.4. The second-order valence-corrected chi connectivity index (χ2v) is 8.31. The summed E-state index contributed by atoms with van der Waals surface area (Å²) in [6.45, 7) is 0. The van der Waals surface area contributed by atoms with Crippen LogP contribution in [0.3, 0.4) is 0 Å². The van der Waals surface area contributed by atoms with Crippen LogP contribution in [0.2, 0.25) is 0 Å². The molecular weight excluding hydrogens is 362 g/mol. The zero-order valence-electron chi connectivity index (χ0n) is 16.9. The highest BCUT2D eigenvalue weighted by molar-refractivity contribution is 5.83. The number of nitrogens with zero attached hydrogens (tertiary/aromatic N) is 3. The molecule has 1 aliphatic carbocycles. The van der Waals surface area contributed by atoms with Crippen LogP contribution in [0.4, 0.5) is 5.82 Å². The predicted molar refractivity (Wildman–Crippen MR) is 113 cm³/mol. The van der Waals surface area contributed by atoms with Crippen LogP contribution in [0.25, 0.3) is 11.1 Å². The van der Waals surface area contributed by atoms with E-state index in [4.69, 9.17) is 0 Å². The Bertz CT molecular complexity index is 900. The van der Waals surface area contributed by atoms with Crippen molar-refractivity contribution in [2.75, 3.05) is 19.0 Å². The number of nitrogens with one attached hydrogen (secondary N) is 2. The first kappa shape index (κ1) is 19.4. The van der Waals surface area contributed by atoms with Gasteiger partial charge in [-0.1, -0.05) is 24.3 Å². The molecule has 4 atom stereocenters. The van der Waals surface area contributed by atoms with E-state index in [1.54, 1.807) is 0 Å². The summed E-state index contributed by atoms with van der Waals surface area (Å²) in [6, 6.07) is 14.2. The summed E-state index contributed by atoms with van der Waals surface area (Å²) in [5, 5.41) is 15.8. The molecule has 4 unspecified atom stereocenters. The maximum absolute atomic E-state index is 12.6. The van der Waals surface area contributed by atoms with Gasteiger partial charge >= 0.3 is 0 Å². The van der Waals surface area contributed by atoms with E-state index in [1.807, 2.05) is 55.5 Å². The third-order valence-electron chi connectivity index (χ3n) is 6.05. The van der Waals surface area contributed by atoms with Crippen molar-refractivity contribution in [3.05, 3.63) is 48.2 Å². The Balaban J connectivity index is 1.37. The molecule has 0 spiro atoms. The van der Waals surface area contributed by atoms with Gasteiger partial charge in [0.05, 0.1) is 12.1 Å². The molecule has 4 rings (SSSR count). The minimum atomic E-state index is -0.518. The summed E-state index contributed by atoms with van der Waals surface area (Å²) >= 11 is 0. The molecule has 6 nitrogen and oxygen atoms in total. The molecular formula is C23H27N5O. The van der Waals surface area contributed by atoms with Crippen LogP contribution in [0.15, 0.2) is 42.6 Å².